The fraction of sp³-hybridized carbons (Fsp3) is 0.889. The Labute approximate surface area is 118 Å². The van der Waals surface area contributed by atoms with Crippen molar-refractivity contribution in [3.8, 4) is 0 Å². The smallest absolute Gasteiger partial charge is 0.0292 e. The van der Waals surface area contributed by atoms with Crippen molar-refractivity contribution in [2.45, 2.75) is 93.9 Å². The van der Waals surface area contributed by atoms with Gasteiger partial charge in [0.2, 0.25) is 0 Å². The van der Waals surface area contributed by atoms with Crippen molar-refractivity contribution in [2.24, 2.45) is 11.8 Å². The Morgan fingerprint density at radius 3 is 2.00 bits per heavy atom. The molecule has 0 spiro atoms. The van der Waals surface area contributed by atoms with Crippen LogP contribution in [0.3, 0.4) is 0 Å². The van der Waals surface area contributed by atoms with E-state index in [-0.39, 0.29) is 0 Å². The van der Waals surface area contributed by atoms with Crippen LogP contribution in [0, 0.1) is 11.8 Å². The highest BCUT2D eigenvalue weighted by molar-refractivity contribution is 5.00. The molecular weight excluding hydrogens is 216 g/mol. The lowest BCUT2D eigenvalue weighted by Crippen LogP contribution is -2.17. The lowest BCUT2D eigenvalue weighted by Gasteiger charge is -2.30. The number of unbranched alkanes of at least 4 members (excludes halogenated alkanes) is 1. The van der Waals surface area contributed by atoms with E-state index in [9.17, 15) is 0 Å². The van der Waals surface area contributed by atoms with Crippen molar-refractivity contribution in [1.82, 2.24) is 0 Å². The van der Waals surface area contributed by atoms with Gasteiger partial charge in [-0.3, -0.25) is 0 Å². The van der Waals surface area contributed by atoms with Gasteiger partial charge in [0.05, 0.1) is 0 Å². The Kier molecular flexibility index (Phi) is 24.3. The molecule has 2 unspecified atom stereocenters. The Bertz CT molecular complexity index is 146. The van der Waals surface area contributed by atoms with E-state index >= 15 is 0 Å². The summed E-state index contributed by atoms with van der Waals surface area (Å²) in [6.07, 6.45) is 8.15. The van der Waals surface area contributed by atoms with Crippen LogP contribution in [0.1, 0.15) is 93.9 Å². The molecule has 0 radical (unpaired) electrons. The molecule has 0 aromatic heterocycles. The van der Waals surface area contributed by atoms with Gasteiger partial charge in [0.15, 0.2) is 0 Å². The second-order valence-electron chi connectivity index (χ2n) is 4.37. The number of hydrogen-bond acceptors (Lipinski definition) is 0. The quantitative estimate of drug-likeness (QED) is 0.466. The maximum atomic E-state index is 4.11. The molecule has 0 saturated heterocycles. The Morgan fingerprint density at radius 1 is 1.06 bits per heavy atom. The number of hydrogen-bond donors (Lipinski definition) is 0. The first-order chi connectivity index (χ1) is 8.74. The van der Waals surface area contributed by atoms with Crippen molar-refractivity contribution >= 4 is 0 Å². The number of rotatable bonds is 3. The van der Waals surface area contributed by atoms with Gasteiger partial charge in [-0.05, 0) is 37.5 Å². The van der Waals surface area contributed by atoms with Crippen molar-refractivity contribution < 1.29 is 0 Å². The maximum Gasteiger partial charge on any atom is -0.0292 e. The summed E-state index contributed by atoms with van der Waals surface area (Å²) in [5.41, 5.74) is 1.49. The first kappa shape index (κ1) is 22.9. The molecule has 0 aliphatic heterocycles. The normalized spacial score (nSPS) is 21.4. The molecular formula is C18H40. The lowest BCUT2D eigenvalue weighted by molar-refractivity contribution is 0.277. The van der Waals surface area contributed by atoms with Gasteiger partial charge in [-0.25, -0.2) is 0 Å². The predicted octanol–water partition coefficient (Wildman–Crippen LogP) is 7.25. The van der Waals surface area contributed by atoms with Crippen LogP contribution in [0.25, 0.3) is 0 Å². The molecule has 0 nitrogen and oxygen atoms in total. The van der Waals surface area contributed by atoms with Crippen LogP contribution in [-0.4, -0.2) is 0 Å². The SMILES string of the molecule is C=C1CCC(C)C(CCCC)C1.CC.CC.CC. The second kappa shape index (κ2) is 19.1. The summed E-state index contributed by atoms with van der Waals surface area (Å²) in [5.74, 6) is 1.90. The summed E-state index contributed by atoms with van der Waals surface area (Å²) in [4.78, 5) is 0. The van der Waals surface area contributed by atoms with Crippen LogP contribution in [0.5, 0.6) is 0 Å². The highest BCUT2D eigenvalue weighted by atomic mass is 14.3. The maximum absolute atomic E-state index is 4.11. The summed E-state index contributed by atoms with van der Waals surface area (Å²) in [6.45, 7) is 20.8. The van der Waals surface area contributed by atoms with E-state index in [1.54, 1.807) is 0 Å². The summed E-state index contributed by atoms with van der Waals surface area (Å²) in [7, 11) is 0. The van der Waals surface area contributed by atoms with Gasteiger partial charge in [-0.15, -0.1) is 0 Å². The molecule has 0 aromatic rings. The molecule has 0 amide bonds. The second-order valence-corrected chi connectivity index (χ2v) is 4.37. The lowest BCUT2D eigenvalue weighted by atomic mass is 9.76. The zero-order chi connectivity index (χ0) is 15.0. The largest absolute Gasteiger partial charge is 0.0999 e. The molecule has 1 saturated carbocycles. The van der Waals surface area contributed by atoms with Gasteiger partial charge in [-0.2, -0.15) is 0 Å². The van der Waals surface area contributed by atoms with Gasteiger partial charge in [0, 0.05) is 0 Å². The highest BCUT2D eigenvalue weighted by Gasteiger charge is 2.22. The third-order valence-corrected chi connectivity index (χ3v) is 3.24. The van der Waals surface area contributed by atoms with E-state index in [2.05, 4.69) is 20.4 Å². The summed E-state index contributed by atoms with van der Waals surface area (Å²) in [5, 5.41) is 0. The van der Waals surface area contributed by atoms with Gasteiger partial charge in [0.25, 0.3) is 0 Å². The molecule has 0 heterocycles. The summed E-state index contributed by atoms with van der Waals surface area (Å²) in [6, 6.07) is 0. The molecule has 2 atom stereocenters. The minimum atomic E-state index is 0.946. The third-order valence-electron chi connectivity index (χ3n) is 3.24. The minimum Gasteiger partial charge on any atom is -0.0999 e. The topological polar surface area (TPSA) is 0 Å². The van der Waals surface area contributed by atoms with E-state index in [0.717, 1.165) is 11.8 Å². The van der Waals surface area contributed by atoms with Crippen LogP contribution < -0.4 is 0 Å². The van der Waals surface area contributed by atoms with E-state index < -0.39 is 0 Å². The van der Waals surface area contributed by atoms with Gasteiger partial charge < -0.3 is 0 Å². The van der Waals surface area contributed by atoms with Crippen molar-refractivity contribution in [1.29, 1.82) is 0 Å². The molecule has 18 heavy (non-hydrogen) atoms. The summed E-state index contributed by atoms with van der Waals surface area (Å²) < 4.78 is 0. The fourth-order valence-electron chi connectivity index (χ4n) is 2.19. The molecule has 0 heteroatoms. The van der Waals surface area contributed by atoms with Crippen molar-refractivity contribution in [3.05, 3.63) is 12.2 Å². The summed E-state index contributed by atoms with van der Waals surface area (Å²) >= 11 is 0. The zero-order valence-corrected chi connectivity index (χ0v) is 14.6. The third kappa shape index (κ3) is 12.2. The molecule has 1 fully saturated rings. The highest BCUT2D eigenvalue weighted by Crippen LogP contribution is 2.35. The average Bonchev–Trinajstić information content (AvgIpc) is 2.46. The van der Waals surface area contributed by atoms with Crippen LogP contribution >= 0.6 is 0 Å². The molecule has 1 aliphatic carbocycles. The average molecular weight is 257 g/mol. The van der Waals surface area contributed by atoms with E-state index in [0.29, 0.717) is 0 Å². The Balaban J connectivity index is -0.000000328. The zero-order valence-electron chi connectivity index (χ0n) is 14.6. The molecule has 0 aromatic carbocycles. The molecule has 112 valence electrons. The van der Waals surface area contributed by atoms with Crippen LogP contribution in [0.2, 0.25) is 0 Å². The van der Waals surface area contributed by atoms with Gasteiger partial charge in [-0.1, -0.05) is 80.4 Å². The fourth-order valence-corrected chi connectivity index (χ4v) is 2.19. The van der Waals surface area contributed by atoms with Gasteiger partial charge >= 0.3 is 0 Å². The Hall–Kier alpha value is -0.260. The van der Waals surface area contributed by atoms with Crippen molar-refractivity contribution in [3.63, 3.8) is 0 Å². The van der Waals surface area contributed by atoms with Crippen LogP contribution in [-0.2, 0) is 0 Å². The monoisotopic (exact) mass is 256 g/mol. The Morgan fingerprint density at radius 2 is 1.56 bits per heavy atom. The first-order valence-corrected chi connectivity index (χ1v) is 8.40. The first-order valence-electron chi connectivity index (χ1n) is 8.40. The van der Waals surface area contributed by atoms with Crippen LogP contribution in [0.15, 0.2) is 12.2 Å². The van der Waals surface area contributed by atoms with E-state index in [1.165, 1.54) is 44.1 Å². The molecule has 1 aliphatic rings. The van der Waals surface area contributed by atoms with Gasteiger partial charge in [0.1, 0.15) is 0 Å². The van der Waals surface area contributed by atoms with E-state index in [1.807, 2.05) is 41.5 Å². The van der Waals surface area contributed by atoms with Crippen molar-refractivity contribution in [2.75, 3.05) is 0 Å². The minimum absolute atomic E-state index is 0.946. The van der Waals surface area contributed by atoms with Crippen LogP contribution in [0.4, 0.5) is 0 Å². The molecule has 1 rings (SSSR count). The molecule has 0 N–H and O–H groups in total. The van der Waals surface area contributed by atoms with E-state index in [4.69, 9.17) is 0 Å². The number of allylic oxidation sites excluding steroid dienone is 1. The standard InChI is InChI=1S/C12H22.3C2H6/c1-4-5-6-12-9-10(2)7-8-11(12)3;3*1-2/h11-12H,2,4-9H2,1,3H3;3*1-2H3. The molecule has 0 bridgehead atoms. The predicted molar refractivity (Wildman–Crippen MR) is 89.2 cm³/mol.